The van der Waals surface area contributed by atoms with Gasteiger partial charge in [0.2, 0.25) is 5.88 Å². The summed E-state index contributed by atoms with van der Waals surface area (Å²) in [6.45, 7) is 0.756. The molecule has 1 heterocycles. The van der Waals surface area contributed by atoms with Gasteiger partial charge in [-0.05, 0) is 5.56 Å². The highest BCUT2D eigenvalue weighted by Crippen LogP contribution is 2.10. The van der Waals surface area contributed by atoms with Crippen molar-refractivity contribution in [2.75, 3.05) is 13.7 Å². The number of ether oxygens (including phenoxy) is 1. The first-order valence-corrected chi connectivity index (χ1v) is 6.62. The predicted molar refractivity (Wildman–Crippen MR) is 84.4 cm³/mol. The number of aromatic nitrogens is 1. The number of primary amides is 1. The van der Waals surface area contributed by atoms with E-state index in [1.165, 1.54) is 4.90 Å². The van der Waals surface area contributed by atoms with Gasteiger partial charge in [0.05, 0.1) is 19.6 Å². The third-order valence-corrected chi connectivity index (χ3v) is 2.43. The van der Waals surface area contributed by atoms with Crippen LogP contribution in [0.4, 0.5) is 9.59 Å². The van der Waals surface area contributed by atoms with Crippen LogP contribution in [0.25, 0.3) is 0 Å². The van der Waals surface area contributed by atoms with Crippen LogP contribution < -0.4 is 10.5 Å². The van der Waals surface area contributed by atoms with E-state index in [1.54, 1.807) is 19.4 Å². The van der Waals surface area contributed by atoms with Gasteiger partial charge >= 0.3 is 0 Å². The first-order chi connectivity index (χ1) is 9.90. The molecule has 0 aliphatic heterocycles. The Hall–Kier alpha value is -1.92. The van der Waals surface area contributed by atoms with E-state index in [0.717, 1.165) is 5.56 Å². The van der Waals surface area contributed by atoms with Gasteiger partial charge in [0, 0.05) is 25.4 Å². The maximum Gasteiger partial charge on any atom is 0.278 e. The fourth-order valence-electron chi connectivity index (χ4n) is 1.27. The van der Waals surface area contributed by atoms with Crippen LogP contribution in [0.15, 0.2) is 18.3 Å². The molecule has 0 aliphatic carbocycles. The molecule has 21 heavy (non-hydrogen) atoms. The van der Waals surface area contributed by atoms with Gasteiger partial charge in [0.1, 0.15) is 0 Å². The third kappa shape index (κ3) is 9.59. The van der Waals surface area contributed by atoms with Crippen molar-refractivity contribution in [1.82, 2.24) is 9.88 Å². The Morgan fingerprint density at radius 2 is 2.10 bits per heavy atom. The lowest BCUT2D eigenvalue weighted by Crippen LogP contribution is -2.26. The molecule has 2 N–H and O–H groups in total. The van der Waals surface area contributed by atoms with Crippen molar-refractivity contribution in [3.8, 4) is 11.9 Å². The molecule has 7 nitrogen and oxygen atoms in total. The monoisotopic (exact) mass is 328 g/mol. The SMILES string of the molecule is COc1ccc(CN(CCC#N)C(=O)S)cn1.NC(=O)S. The Labute approximate surface area is 133 Å². The van der Waals surface area contributed by atoms with Crippen molar-refractivity contribution >= 4 is 35.7 Å². The van der Waals surface area contributed by atoms with Crippen molar-refractivity contribution in [3.05, 3.63) is 23.9 Å². The summed E-state index contributed by atoms with van der Waals surface area (Å²) in [4.78, 5) is 25.8. The van der Waals surface area contributed by atoms with Gasteiger partial charge in [-0.1, -0.05) is 31.3 Å². The zero-order valence-electron chi connectivity index (χ0n) is 11.4. The largest absolute Gasteiger partial charge is 0.481 e. The number of amides is 2. The minimum atomic E-state index is -0.639. The van der Waals surface area contributed by atoms with E-state index in [1.807, 2.05) is 12.1 Å². The first kappa shape index (κ1) is 19.1. The molecule has 0 fully saturated rings. The summed E-state index contributed by atoms with van der Waals surface area (Å²) in [5.74, 6) is 0.523. The number of hydrogen-bond donors (Lipinski definition) is 3. The summed E-state index contributed by atoms with van der Waals surface area (Å²) >= 11 is 6.87. The molecule has 9 heteroatoms. The van der Waals surface area contributed by atoms with Gasteiger partial charge in [-0.15, -0.1) is 0 Å². The van der Waals surface area contributed by atoms with Crippen LogP contribution in [-0.2, 0) is 6.54 Å². The maximum absolute atomic E-state index is 11.2. The summed E-state index contributed by atoms with van der Waals surface area (Å²) in [5.41, 5.74) is 5.20. The third-order valence-electron chi connectivity index (χ3n) is 2.14. The minimum Gasteiger partial charge on any atom is -0.481 e. The fraction of sp³-hybridized carbons (Fsp3) is 0.333. The normalized spacial score (nSPS) is 8.86. The number of hydrogen-bond acceptors (Lipinski definition) is 5. The number of thiol groups is 2. The van der Waals surface area contributed by atoms with Gasteiger partial charge in [0.25, 0.3) is 10.5 Å². The molecule has 0 bridgehead atoms. The highest BCUT2D eigenvalue weighted by atomic mass is 32.1. The van der Waals surface area contributed by atoms with Crippen LogP contribution >= 0.6 is 25.3 Å². The number of carbonyl (C=O) groups is 2. The summed E-state index contributed by atoms with van der Waals surface area (Å²) in [6.07, 6.45) is 1.92. The Kier molecular flexibility index (Phi) is 9.83. The molecule has 114 valence electrons. The average molecular weight is 328 g/mol. The first-order valence-electron chi connectivity index (χ1n) is 5.72. The molecule has 1 aromatic rings. The van der Waals surface area contributed by atoms with Crippen LogP contribution in [0, 0.1) is 11.3 Å². The van der Waals surface area contributed by atoms with Crippen molar-refractivity contribution in [2.45, 2.75) is 13.0 Å². The number of nitriles is 1. The van der Waals surface area contributed by atoms with Gasteiger partial charge in [-0.25, -0.2) is 4.98 Å². The van der Waals surface area contributed by atoms with E-state index in [-0.39, 0.29) is 11.7 Å². The van der Waals surface area contributed by atoms with E-state index in [4.69, 9.17) is 14.8 Å². The molecule has 0 aliphatic rings. The summed E-state index contributed by atoms with van der Waals surface area (Å²) in [6, 6.07) is 5.54. The van der Waals surface area contributed by atoms with Gasteiger partial charge in [-0.3, -0.25) is 9.59 Å². The molecule has 1 aromatic heterocycles. The molecule has 0 atom stereocenters. The van der Waals surface area contributed by atoms with E-state index >= 15 is 0 Å². The number of rotatable bonds is 5. The second-order valence-corrected chi connectivity index (χ2v) is 4.48. The molecule has 0 aromatic carbocycles. The molecule has 2 amide bonds. The second kappa shape index (κ2) is 10.8. The lowest BCUT2D eigenvalue weighted by atomic mass is 10.2. The highest BCUT2D eigenvalue weighted by molar-refractivity contribution is 7.96. The fourth-order valence-corrected chi connectivity index (χ4v) is 1.44. The lowest BCUT2D eigenvalue weighted by Gasteiger charge is -2.18. The molecule has 0 saturated carbocycles. The maximum atomic E-state index is 11.2. The van der Waals surface area contributed by atoms with E-state index < -0.39 is 5.24 Å². The van der Waals surface area contributed by atoms with Crippen LogP contribution in [0.5, 0.6) is 5.88 Å². The Balaban J connectivity index is 0.000000885. The molecule has 0 radical (unpaired) electrons. The number of pyridine rings is 1. The van der Waals surface area contributed by atoms with Crippen LogP contribution in [0.3, 0.4) is 0 Å². The zero-order valence-corrected chi connectivity index (χ0v) is 13.2. The molecular formula is C12H16N4O3S2. The average Bonchev–Trinajstić information content (AvgIpc) is 2.43. The predicted octanol–water partition coefficient (Wildman–Crippen LogP) is 1.85. The lowest BCUT2D eigenvalue weighted by molar-refractivity contribution is 0.222. The van der Waals surface area contributed by atoms with E-state index in [2.05, 4.69) is 36.0 Å². The number of carbonyl (C=O) groups excluding carboxylic acids is 2. The van der Waals surface area contributed by atoms with Gasteiger partial charge in [-0.2, -0.15) is 5.26 Å². The summed E-state index contributed by atoms with van der Waals surface area (Å²) in [7, 11) is 1.54. The molecule has 1 rings (SSSR count). The Bertz CT molecular complexity index is 498. The van der Waals surface area contributed by atoms with Crippen molar-refractivity contribution in [1.29, 1.82) is 5.26 Å². The Morgan fingerprint density at radius 3 is 2.48 bits per heavy atom. The summed E-state index contributed by atoms with van der Waals surface area (Å²) < 4.78 is 4.94. The molecule has 0 saturated heterocycles. The zero-order chi connectivity index (χ0) is 16.3. The van der Waals surface area contributed by atoms with Crippen LogP contribution in [0.1, 0.15) is 12.0 Å². The minimum absolute atomic E-state index is 0.288. The second-order valence-electron chi connectivity index (χ2n) is 3.66. The Morgan fingerprint density at radius 1 is 1.48 bits per heavy atom. The van der Waals surface area contributed by atoms with Gasteiger partial charge < -0.3 is 15.4 Å². The van der Waals surface area contributed by atoms with Crippen molar-refractivity contribution in [2.24, 2.45) is 5.73 Å². The van der Waals surface area contributed by atoms with E-state index in [0.29, 0.717) is 19.0 Å². The quantitative estimate of drug-likeness (QED) is 0.715. The summed E-state index contributed by atoms with van der Waals surface area (Å²) in [5, 5.41) is 7.50. The van der Waals surface area contributed by atoms with E-state index in [9.17, 15) is 4.79 Å². The molecule has 0 spiro atoms. The smallest absolute Gasteiger partial charge is 0.278 e. The number of nitrogens with zero attached hydrogens (tertiary/aromatic N) is 3. The van der Waals surface area contributed by atoms with Crippen molar-refractivity contribution < 1.29 is 14.3 Å². The van der Waals surface area contributed by atoms with Gasteiger partial charge in [0.15, 0.2) is 0 Å². The topological polar surface area (TPSA) is 109 Å². The van der Waals surface area contributed by atoms with Crippen LogP contribution in [0.2, 0.25) is 0 Å². The highest BCUT2D eigenvalue weighted by Gasteiger charge is 2.10. The standard InChI is InChI=1S/C11H13N3O2S.CH3NOS/c1-16-10-4-3-9(7-13-10)8-14(11(15)17)6-2-5-12;2-1(3)4/h3-4,7H,2,6,8H2,1H3,(H,15,17);(H3,2,3,4). The number of nitrogens with two attached hydrogens (primary N) is 1. The van der Waals surface area contributed by atoms with Crippen molar-refractivity contribution in [3.63, 3.8) is 0 Å². The number of methoxy groups -OCH3 is 1. The van der Waals surface area contributed by atoms with Crippen LogP contribution in [-0.4, -0.2) is 34.0 Å². The molecular weight excluding hydrogens is 312 g/mol. The molecule has 0 unspecified atom stereocenters.